The third-order valence-corrected chi connectivity index (χ3v) is 2.57. The lowest BCUT2D eigenvalue weighted by atomic mass is 10.1. The Morgan fingerprint density at radius 2 is 2.12 bits per heavy atom. The zero-order valence-electron chi connectivity index (χ0n) is 9.21. The first-order chi connectivity index (χ1) is 7.69. The summed E-state index contributed by atoms with van der Waals surface area (Å²) >= 11 is 6.07. The van der Waals surface area contributed by atoms with Gasteiger partial charge in [-0.25, -0.2) is 0 Å². The summed E-state index contributed by atoms with van der Waals surface area (Å²) in [7, 11) is 3.00. The topological polar surface area (TPSA) is 68.3 Å². The van der Waals surface area contributed by atoms with Crippen molar-refractivity contribution < 1.29 is 9.47 Å². The summed E-state index contributed by atoms with van der Waals surface area (Å²) in [6.45, 7) is 0.474. The van der Waals surface area contributed by atoms with Gasteiger partial charge in [0.05, 0.1) is 14.2 Å². The van der Waals surface area contributed by atoms with Crippen molar-refractivity contribution in [1.82, 2.24) is 0 Å². The van der Waals surface area contributed by atoms with Crippen molar-refractivity contribution in [3.63, 3.8) is 0 Å². The Kier molecular flexibility index (Phi) is 4.41. The molecule has 86 valence electrons. The van der Waals surface area contributed by atoms with E-state index >= 15 is 0 Å². The molecule has 0 atom stereocenters. The SMILES string of the molecule is COc1cc(CCN)c(OC)c(Cl)c1C#N. The lowest BCUT2D eigenvalue weighted by molar-refractivity contribution is 0.398. The van der Waals surface area contributed by atoms with Crippen molar-refractivity contribution in [3.8, 4) is 17.6 Å². The maximum absolute atomic E-state index is 8.98. The molecule has 0 unspecified atom stereocenters. The van der Waals surface area contributed by atoms with Crippen LogP contribution in [0.2, 0.25) is 5.02 Å². The number of nitrogens with zero attached hydrogens (tertiary/aromatic N) is 1. The van der Waals surface area contributed by atoms with Crippen LogP contribution in [0.3, 0.4) is 0 Å². The average Bonchev–Trinajstić information content (AvgIpc) is 2.29. The minimum absolute atomic E-state index is 0.271. The van der Waals surface area contributed by atoms with Gasteiger partial charge < -0.3 is 15.2 Å². The number of methoxy groups -OCH3 is 2. The number of rotatable bonds is 4. The Morgan fingerprint density at radius 3 is 2.56 bits per heavy atom. The molecule has 0 radical (unpaired) electrons. The van der Waals surface area contributed by atoms with Gasteiger partial charge in [0.15, 0.2) is 0 Å². The molecule has 0 heterocycles. The van der Waals surface area contributed by atoms with Gasteiger partial charge in [0.2, 0.25) is 0 Å². The van der Waals surface area contributed by atoms with Crippen molar-refractivity contribution in [3.05, 3.63) is 22.2 Å². The largest absolute Gasteiger partial charge is 0.495 e. The Balaban J connectivity index is 3.42. The molecular formula is C11H13ClN2O2. The molecular weight excluding hydrogens is 228 g/mol. The zero-order valence-corrected chi connectivity index (χ0v) is 9.97. The number of nitriles is 1. The Hall–Kier alpha value is -1.44. The van der Waals surface area contributed by atoms with Gasteiger partial charge in [0.1, 0.15) is 28.2 Å². The fourth-order valence-electron chi connectivity index (χ4n) is 1.49. The molecule has 5 heteroatoms. The fourth-order valence-corrected chi connectivity index (χ4v) is 1.82. The van der Waals surface area contributed by atoms with E-state index in [0.29, 0.717) is 24.5 Å². The van der Waals surface area contributed by atoms with Crippen LogP contribution in [-0.4, -0.2) is 20.8 Å². The smallest absolute Gasteiger partial charge is 0.142 e. The molecule has 0 bridgehead atoms. The molecule has 1 aromatic carbocycles. The number of nitrogens with two attached hydrogens (primary N) is 1. The minimum Gasteiger partial charge on any atom is -0.495 e. The molecule has 4 nitrogen and oxygen atoms in total. The van der Waals surface area contributed by atoms with Gasteiger partial charge in [-0.3, -0.25) is 0 Å². The lowest BCUT2D eigenvalue weighted by Crippen LogP contribution is -2.06. The monoisotopic (exact) mass is 240 g/mol. The van der Waals surface area contributed by atoms with Gasteiger partial charge in [0, 0.05) is 5.56 Å². The first-order valence-corrected chi connectivity index (χ1v) is 5.10. The second-order valence-corrected chi connectivity index (χ2v) is 3.49. The summed E-state index contributed by atoms with van der Waals surface area (Å²) in [5.74, 6) is 0.932. The molecule has 0 fully saturated rings. The summed E-state index contributed by atoms with van der Waals surface area (Å²) in [5.41, 5.74) is 6.61. The van der Waals surface area contributed by atoms with Crippen molar-refractivity contribution in [2.24, 2.45) is 5.73 Å². The van der Waals surface area contributed by atoms with Crippen molar-refractivity contribution in [2.75, 3.05) is 20.8 Å². The average molecular weight is 241 g/mol. The predicted octanol–water partition coefficient (Wildman–Crippen LogP) is 1.73. The van der Waals surface area contributed by atoms with Crippen LogP contribution in [0.5, 0.6) is 11.5 Å². The number of hydrogen-bond acceptors (Lipinski definition) is 4. The molecule has 1 rings (SSSR count). The molecule has 1 aromatic rings. The molecule has 0 saturated carbocycles. The molecule has 0 amide bonds. The lowest BCUT2D eigenvalue weighted by Gasteiger charge is -2.13. The van der Waals surface area contributed by atoms with Crippen LogP contribution in [0.1, 0.15) is 11.1 Å². The maximum atomic E-state index is 8.98. The first-order valence-electron chi connectivity index (χ1n) is 4.73. The Labute approximate surface area is 99.5 Å². The second-order valence-electron chi connectivity index (χ2n) is 3.11. The van der Waals surface area contributed by atoms with Gasteiger partial charge in [0.25, 0.3) is 0 Å². The molecule has 0 aromatic heterocycles. The van der Waals surface area contributed by atoms with E-state index in [1.807, 2.05) is 6.07 Å². The fraction of sp³-hybridized carbons (Fsp3) is 0.364. The van der Waals surface area contributed by atoms with E-state index in [9.17, 15) is 0 Å². The number of ether oxygens (including phenoxy) is 2. The molecule has 0 aliphatic heterocycles. The highest BCUT2D eigenvalue weighted by atomic mass is 35.5. The number of halogens is 1. The quantitative estimate of drug-likeness (QED) is 0.870. The summed E-state index contributed by atoms with van der Waals surface area (Å²) in [5, 5.41) is 9.25. The van der Waals surface area contributed by atoms with E-state index in [0.717, 1.165) is 5.56 Å². The molecule has 0 saturated heterocycles. The van der Waals surface area contributed by atoms with E-state index < -0.39 is 0 Å². The minimum atomic E-state index is 0.271. The van der Waals surface area contributed by atoms with E-state index in [1.165, 1.54) is 14.2 Å². The zero-order chi connectivity index (χ0) is 12.1. The van der Waals surface area contributed by atoms with E-state index in [-0.39, 0.29) is 10.6 Å². The highest BCUT2D eigenvalue weighted by Gasteiger charge is 2.17. The normalized spacial score (nSPS) is 9.69. The van der Waals surface area contributed by atoms with Crippen molar-refractivity contribution in [1.29, 1.82) is 5.26 Å². The summed E-state index contributed by atoms with van der Waals surface area (Å²) in [4.78, 5) is 0. The molecule has 16 heavy (non-hydrogen) atoms. The van der Waals surface area contributed by atoms with Crippen LogP contribution in [0.4, 0.5) is 0 Å². The standard InChI is InChI=1S/C11H13ClN2O2/c1-15-9-5-7(3-4-13)11(16-2)10(12)8(9)6-14/h5H,3-4,13H2,1-2H3. The molecule has 0 aliphatic carbocycles. The highest BCUT2D eigenvalue weighted by molar-refractivity contribution is 6.33. The van der Waals surface area contributed by atoms with Crippen LogP contribution >= 0.6 is 11.6 Å². The van der Waals surface area contributed by atoms with Gasteiger partial charge in [-0.15, -0.1) is 0 Å². The molecule has 0 spiro atoms. The van der Waals surface area contributed by atoms with Crippen LogP contribution in [0, 0.1) is 11.3 Å². The van der Waals surface area contributed by atoms with Gasteiger partial charge in [-0.05, 0) is 19.0 Å². The maximum Gasteiger partial charge on any atom is 0.142 e. The Morgan fingerprint density at radius 1 is 1.44 bits per heavy atom. The van der Waals surface area contributed by atoms with E-state index in [4.69, 9.17) is 32.1 Å². The van der Waals surface area contributed by atoms with E-state index in [2.05, 4.69) is 0 Å². The summed E-state index contributed by atoms with van der Waals surface area (Å²) < 4.78 is 10.3. The van der Waals surface area contributed by atoms with Gasteiger partial charge in [-0.1, -0.05) is 11.6 Å². The first kappa shape index (κ1) is 12.6. The predicted molar refractivity (Wildman–Crippen MR) is 62.0 cm³/mol. The van der Waals surface area contributed by atoms with Crippen molar-refractivity contribution in [2.45, 2.75) is 6.42 Å². The van der Waals surface area contributed by atoms with E-state index in [1.54, 1.807) is 6.07 Å². The second kappa shape index (κ2) is 5.59. The van der Waals surface area contributed by atoms with Crippen LogP contribution in [0.25, 0.3) is 0 Å². The third-order valence-electron chi connectivity index (χ3n) is 2.21. The summed E-state index contributed by atoms with van der Waals surface area (Å²) in [6.07, 6.45) is 0.616. The highest BCUT2D eigenvalue weighted by Crippen LogP contribution is 2.37. The van der Waals surface area contributed by atoms with Crippen molar-refractivity contribution >= 4 is 11.6 Å². The summed E-state index contributed by atoms with van der Waals surface area (Å²) in [6, 6.07) is 3.72. The number of benzene rings is 1. The number of hydrogen-bond donors (Lipinski definition) is 1. The molecule has 2 N–H and O–H groups in total. The molecule has 0 aliphatic rings. The van der Waals surface area contributed by atoms with Crippen LogP contribution in [-0.2, 0) is 6.42 Å². The van der Waals surface area contributed by atoms with Crippen LogP contribution < -0.4 is 15.2 Å². The van der Waals surface area contributed by atoms with Crippen LogP contribution in [0.15, 0.2) is 6.07 Å². The third kappa shape index (κ3) is 2.21. The Bertz CT molecular complexity index is 427. The van der Waals surface area contributed by atoms with Gasteiger partial charge >= 0.3 is 0 Å². The van der Waals surface area contributed by atoms with Gasteiger partial charge in [-0.2, -0.15) is 5.26 Å².